The summed E-state index contributed by atoms with van der Waals surface area (Å²) >= 11 is 0. The largest absolute Gasteiger partial charge is 0.353 e. The monoisotopic (exact) mass is 425 g/mol. The maximum absolute atomic E-state index is 12.6. The minimum Gasteiger partial charge on any atom is -0.353 e. The minimum atomic E-state index is -0.527. The summed E-state index contributed by atoms with van der Waals surface area (Å²) in [5.74, 6) is 0.190. The zero-order chi connectivity index (χ0) is 20.4. The molecule has 0 bridgehead atoms. The Labute approximate surface area is 180 Å². The first-order valence-electron chi connectivity index (χ1n) is 10.2. The van der Waals surface area contributed by atoms with E-state index in [-0.39, 0.29) is 24.3 Å². The van der Waals surface area contributed by atoms with Crippen LogP contribution in [0, 0.1) is 12.8 Å². The number of nitrogens with one attached hydrogen (secondary N) is 4. The van der Waals surface area contributed by atoms with Gasteiger partial charge in [-0.25, -0.2) is 4.79 Å². The fourth-order valence-electron chi connectivity index (χ4n) is 3.20. The van der Waals surface area contributed by atoms with Crippen molar-refractivity contribution < 1.29 is 9.59 Å². The summed E-state index contributed by atoms with van der Waals surface area (Å²) < 4.78 is 0. The number of benzene rings is 1. The fourth-order valence-corrected chi connectivity index (χ4v) is 3.20. The summed E-state index contributed by atoms with van der Waals surface area (Å²) in [6.45, 7) is 12.0. The zero-order valence-electron chi connectivity index (χ0n) is 17.8. The average Bonchev–Trinajstić information content (AvgIpc) is 2.67. The molecule has 0 aliphatic carbocycles. The average molecular weight is 426 g/mol. The minimum absolute atomic E-state index is 0. The van der Waals surface area contributed by atoms with Gasteiger partial charge in [-0.05, 0) is 24.8 Å². The second-order valence-electron chi connectivity index (χ2n) is 7.88. The van der Waals surface area contributed by atoms with E-state index < -0.39 is 6.04 Å². The number of piperazine rings is 1. The van der Waals surface area contributed by atoms with Crippen LogP contribution in [0.5, 0.6) is 0 Å². The van der Waals surface area contributed by atoms with Crippen molar-refractivity contribution in [3.63, 3.8) is 0 Å². The van der Waals surface area contributed by atoms with E-state index in [4.69, 9.17) is 0 Å². The van der Waals surface area contributed by atoms with E-state index in [0.29, 0.717) is 25.4 Å². The molecular weight excluding hydrogens is 390 g/mol. The van der Waals surface area contributed by atoms with E-state index in [1.54, 1.807) is 0 Å². The van der Waals surface area contributed by atoms with Gasteiger partial charge in [0.25, 0.3) is 0 Å². The molecule has 3 amide bonds. The number of halogens is 1. The van der Waals surface area contributed by atoms with Crippen molar-refractivity contribution in [1.82, 2.24) is 26.2 Å². The van der Waals surface area contributed by atoms with E-state index >= 15 is 0 Å². The summed E-state index contributed by atoms with van der Waals surface area (Å²) in [5.41, 5.74) is 2.21. The van der Waals surface area contributed by atoms with Crippen LogP contribution in [0.2, 0.25) is 0 Å². The van der Waals surface area contributed by atoms with Crippen LogP contribution in [0.25, 0.3) is 0 Å². The van der Waals surface area contributed by atoms with Gasteiger partial charge in [0.1, 0.15) is 6.04 Å². The molecule has 1 aromatic rings. The van der Waals surface area contributed by atoms with Gasteiger partial charge in [-0.2, -0.15) is 0 Å². The molecule has 0 saturated carbocycles. The number of urea groups is 1. The van der Waals surface area contributed by atoms with Crippen molar-refractivity contribution in [2.45, 2.75) is 39.8 Å². The Morgan fingerprint density at radius 3 is 2.38 bits per heavy atom. The van der Waals surface area contributed by atoms with Gasteiger partial charge in [-0.3, -0.25) is 9.69 Å². The lowest BCUT2D eigenvalue weighted by atomic mass is 10.0. The Hall–Kier alpha value is -1.83. The predicted octanol–water partition coefficient (Wildman–Crippen LogP) is 1.65. The first-order chi connectivity index (χ1) is 13.4. The van der Waals surface area contributed by atoms with E-state index in [1.165, 1.54) is 5.56 Å². The number of nitrogens with zero attached hydrogens (tertiary/aromatic N) is 1. The summed E-state index contributed by atoms with van der Waals surface area (Å²) in [4.78, 5) is 27.2. The highest BCUT2D eigenvalue weighted by Crippen LogP contribution is 2.06. The SMILES string of the molecule is Cc1ccc(CNC(=O)NC(CC(C)C)C(=O)NCCN2CCNCC2)cc1.Cl. The third-order valence-electron chi connectivity index (χ3n) is 4.84. The summed E-state index contributed by atoms with van der Waals surface area (Å²) in [7, 11) is 0. The highest BCUT2D eigenvalue weighted by molar-refractivity contribution is 5.87. The number of amides is 3. The van der Waals surface area contributed by atoms with Gasteiger partial charge >= 0.3 is 6.03 Å². The van der Waals surface area contributed by atoms with Crippen LogP contribution in [0.4, 0.5) is 4.79 Å². The molecule has 1 aliphatic heterocycles. The zero-order valence-corrected chi connectivity index (χ0v) is 18.6. The van der Waals surface area contributed by atoms with Crippen LogP contribution in [0.3, 0.4) is 0 Å². The molecule has 0 radical (unpaired) electrons. The van der Waals surface area contributed by atoms with Gasteiger partial charge in [0, 0.05) is 45.8 Å². The standard InChI is InChI=1S/C21H35N5O2.ClH/c1-16(2)14-19(20(27)23-10-13-26-11-8-22-9-12-26)25-21(28)24-15-18-6-4-17(3)5-7-18;/h4-7,16,19,22H,8-15H2,1-3H3,(H,23,27)(H2,24,25,28);1H. The van der Waals surface area contributed by atoms with Crippen molar-refractivity contribution in [3.05, 3.63) is 35.4 Å². The molecule has 7 nitrogen and oxygen atoms in total. The van der Waals surface area contributed by atoms with Crippen molar-refractivity contribution in [2.24, 2.45) is 5.92 Å². The lowest BCUT2D eigenvalue weighted by Gasteiger charge is -2.27. The van der Waals surface area contributed by atoms with Crippen molar-refractivity contribution in [3.8, 4) is 0 Å². The molecule has 1 aromatic carbocycles. The molecule has 2 rings (SSSR count). The van der Waals surface area contributed by atoms with Gasteiger partial charge in [-0.1, -0.05) is 43.7 Å². The van der Waals surface area contributed by atoms with E-state index in [9.17, 15) is 9.59 Å². The number of aryl methyl sites for hydroxylation is 1. The molecule has 29 heavy (non-hydrogen) atoms. The van der Waals surface area contributed by atoms with Gasteiger partial charge < -0.3 is 21.3 Å². The van der Waals surface area contributed by atoms with Crippen LogP contribution < -0.4 is 21.3 Å². The molecule has 1 fully saturated rings. The maximum atomic E-state index is 12.6. The lowest BCUT2D eigenvalue weighted by molar-refractivity contribution is -0.123. The first-order valence-corrected chi connectivity index (χ1v) is 10.2. The molecule has 1 saturated heterocycles. The van der Waals surface area contributed by atoms with Crippen molar-refractivity contribution in [1.29, 1.82) is 0 Å². The van der Waals surface area contributed by atoms with Crippen LogP contribution in [-0.2, 0) is 11.3 Å². The number of hydrogen-bond acceptors (Lipinski definition) is 4. The second kappa shape index (κ2) is 13.4. The van der Waals surface area contributed by atoms with Gasteiger partial charge in [-0.15, -0.1) is 12.4 Å². The quantitative estimate of drug-likeness (QED) is 0.484. The number of rotatable bonds is 9. The molecule has 0 aromatic heterocycles. The Morgan fingerprint density at radius 1 is 1.10 bits per heavy atom. The highest BCUT2D eigenvalue weighted by Gasteiger charge is 2.22. The molecule has 1 atom stereocenters. The first kappa shape index (κ1) is 25.2. The summed E-state index contributed by atoms with van der Waals surface area (Å²) in [6, 6.07) is 7.17. The van der Waals surface area contributed by atoms with Crippen molar-refractivity contribution >= 4 is 24.3 Å². The van der Waals surface area contributed by atoms with Crippen LogP contribution >= 0.6 is 12.4 Å². The topological polar surface area (TPSA) is 85.5 Å². The Balaban J connectivity index is 0.00000420. The van der Waals surface area contributed by atoms with Gasteiger partial charge in [0.2, 0.25) is 5.91 Å². The second-order valence-corrected chi connectivity index (χ2v) is 7.88. The van der Waals surface area contributed by atoms with E-state index in [2.05, 4.69) is 26.2 Å². The molecule has 4 N–H and O–H groups in total. The van der Waals surface area contributed by atoms with Crippen molar-refractivity contribution in [2.75, 3.05) is 39.3 Å². The summed E-state index contributed by atoms with van der Waals surface area (Å²) in [5, 5.41) is 12.0. The van der Waals surface area contributed by atoms with E-state index in [1.807, 2.05) is 45.0 Å². The fraction of sp³-hybridized carbons (Fsp3) is 0.619. The van der Waals surface area contributed by atoms with Crippen LogP contribution in [0.1, 0.15) is 31.4 Å². The third-order valence-corrected chi connectivity index (χ3v) is 4.84. The molecule has 164 valence electrons. The van der Waals surface area contributed by atoms with Gasteiger partial charge in [0.05, 0.1) is 0 Å². The highest BCUT2D eigenvalue weighted by atomic mass is 35.5. The molecule has 0 spiro atoms. The molecule has 1 aliphatic rings. The van der Waals surface area contributed by atoms with Crippen LogP contribution in [0.15, 0.2) is 24.3 Å². The molecule has 8 heteroatoms. The number of hydrogen-bond donors (Lipinski definition) is 4. The normalized spacial score (nSPS) is 15.3. The Bertz CT molecular complexity index is 618. The lowest BCUT2D eigenvalue weighted by Crippen LogP contribution is -2.52. The van der Waals surface area contributed by atoms with Crippen LogP contribution in [-0.4, -0.2) is 62.1 Å². The smallest absolute Gasteiger partial charge is 0.315 e. The van der Waals surface area contributed by atoms with E-state index in [0.717, 1.165) is 38.3 Å². The Morgan fingerprint density at radius 2 is 1.76 bits per heavy atom. The summed E-state index contributed by atoms with van der Waals surface area (Å²) in [6.07, 6.45) is 0.609. The third kappa shape index (κ3) is 9.96. The number of carbonyl (C=O) groups excluding carboxylic acids is 2. The molecular formula is C21H36ClN5O2. The molecule has 1 unspecified atom stereocenters. The molecule has 1 heterocycles. The maximum Gasteiger partial charge on any atom is 0.315 e. The number of carbonyl (C=O) groups is 2. The predicted molar refractivity (Wildman–Crippen MR) is 119 cm³/mol. The van der Waals surface area contributed by atoms with Gasteiger partial charge in [0.15, 0.2) is 0 Å². The Kier molecular flexibility index (Phi) is 11.7.